The highest BCUT2D eigenvalue weighted by Gasteiger charge is 2.22. The Hall–Kier alpha value is -2.20. The Morgan fingerprint density at radius 2 is 0.771 bits per heavy atom. The van der Waals surface area contributed by atoms with Crippen LogP contribution < -0.4 is 5.32 Å². The average molecular weight is 681 g/mol. The highest BCUT2D eigenvalue weighted by molar-refractivity contribution is 5.79. The van der Waals surface area contributed by atoms with Gasteiger partial charge in [-0.3, -0.25) is 19.2 Å². The molecule has 0 unspecified atom stereocenters. The van der Waals surface area contributed by atoms with E-state index in [-0.39, 0.29) is 37.0 Å². The molecular formula is C38H76N6O4. The van der Waals surface area contributed by atoms with Gasteiger partial charge in [0.1, 0.15) is 0 Å². The van der Waals surface area contributed by atoms with E-state index in [1.807, 2.05) is 70.1 Å². The van der Waals surface area contributed by atoms with E-state index in [2.05, 4.69) is 29.2 Å². The van der Waals surface area contributed by atoms with Crippen molar-refractivity contribution in [2.45, 2.75) is 120 Å². The Balaban J connectivity index is 0.000000611. The lowest BCUT2D eigenvalue weighted by Gasteiger charge is -2.33. The fourth-order valence-corrected chi connectivity index (χ4v) is 5.87. The van der Waals surface area contributed by atoms with Gasteiger partial charge in [0.25, 0.3) is 0 Å². The molecule has 4 aliphatic heterocycles. The van der Waals surface area contributed by atoms with Crippen molar-refractivity contribution in [3.05, 3.63) is 0 Å². The predicted molar refractivity (Wildman–Crippen MR) is 200 cm³/mol. The normalized spacial score (nSPS) is 19.3. The van der Waals surface area contributed by atoms with Crippen LogP contribution in [0.5, 0.6) is 0 Å². The Morgan fingerprint density at radius 3 is 1.08 bits per heavy atom. The van der Waals surface area contributed by atoms with Gasteiger partial charge in [0.2, 0.25) is 23.6 Å². The van der Waals surface area contributed by atoms with Crippen LogP contribution in [0.15, 0.2) is 0 Å². The van der Waals surface area contributed by atoms with Gasteiger partial charge in [-0.05, 0) is 78.6 Å². The molecule has 282 valence electrons. The molecule has 0 saturated carbocycles. The molecule has 10 nitrogen and oxygen atoms in total. The number of carbonyl (C=O) groups excluding carboxylic acids is 4. The monoisotopic (exact) mass is 681 g/mol. The van der Waals surface area contributed by atoms with Crippen molar-refractivity contribution in [3.63, 3.8) is 0 Å². The van der Waals surface area contributed by atoms with Gasteiger partial charge in [-0.25, -0.2) is 0 Å². The molecule has 4 rings (SSSR count). The van der Waals surface area contributed by atoms with E-state index in [1.165, 1.54) is 38.5 Å². The van der Waals surface area contributed by atoms with Gasteiger partial charge < -0.3 is 29.8 Å². The third kappa shape index (κ3) is 18.5. The minimum Gasteiger partial charge on any atom is -0.353 e. The van der Waals surface area contributed by atoms with E-state index in [1.54, 1.807) is 0 Å². The maximum Gasteiger partial charge on any atom is 0.225 e. The number of nitrogens with zero attached hydrogens (tertiary/aromatic N) is 5. The fourth-order valence-electron chi connectivity index (χ4n) is 5.87. The Kier molecular flexibility index (Phi) is 23.7. The summed E-state index contributed by atoms with van der Waals surface area (Å²) >= 11 is 0. The molecule has 10 heteroatoms. The maximum absolute atomic E-state index is 11.5. The molecule has 0 aliphatic carbocycles. The molecule has 0 radical (unpaired) electrons. The molecule has 0 aromatic rings. The van der Waals surface area contributed by atoms with E-state index in [4.69, 9.17) is 0 Å². The maximum atomic E-state index is 11.5. The number of piperazine rings is 1. The minimum atomic E-state index is 0. The van der Waals surface area contributed by atoms with Crippen molar-refractivity contribution in [3.8, 4) is 0 Å². The molecule has 0 spiro atoms. The zero-order valence-corrected chi connectivity index (χ0v) is 32.0. The lowest BCUT2D eigenvalue weighted by molar-refractivity contribution is -0.136. The molecular weight excluding hydrogens is 604 g/mol. The summed E-state index contributed by atoms with van der Waals surface area (Å²) in [5.74, 6) is 1.74. The summed E-state index contributed by atoms with van der Waals surface area (Å²) in [5.41, 5.74) is 0. The number of hydrogen-bond donors (Lipinski definition) is 1. The van der Waals surface area contributed by atoms with Crippen LogP contribution in [0.4, 0.5) is 0 Å². The van der Waals surface area contributed by atoms with Gasteiger partial charge >= 0.3 is 0 Å². The summed E-state index contributed by atoms with van der Waals surface area (Å²) in [6.45, 7) is 25.6. The van der Waals surface area contributed by atoms with Crippen molar-refractivity contribution < 1.29 is 19.2 Å². The van der Waals surface area contributed by atoms with Crippen LogP contribution in [0.25, 0.3) is 0 Å². The number of rotatable bonds is 5. The smallest absolute Gasteiger partial charge is 0.225 e. The third-order valence-corrected chi connectivity index (χ3v) is 9.22. The van der Waals surface area contributed by atoms with Gasteiger partial charge in [0.15, 0.2) is 0 Å². The summed E-state index contributed by atoms with van der Waals surface area (Å²) in [4.78, 5) is 56.2. The first-order valence-corrected chi connectivity index (χ1v) is 18.7. The number of likely N-dealkylation sites (N-methyl/N-ethyl adjacent to an activating group) is 1. The molecule has 48 heavy (non-hydrogen) atoms. The van der Waals surface area contributed by atoms with Crippen LogP contribution in [0.1, 0.15) is 114 Å². The molecule has 4 amide bonds. The summed E-state index contributed by atoms with van der Waals surface area (Å²) in [6, 6.07) is 0.408. The van der Waals surface area contributed by atoms with Crippen molar-refractivity contribution >= 4 is 23.6 Å². The Morgan fingerprint density at radius 1 is 0.458 bits per heavy atom. The zero-order chi connectivity index (χ0) is 35.5. The van der Waals surface area contributed by atoms with E-state index < -0.39 is 0 Å². The number of nitrogens with one attached hydrogen (secondary N) is 1. The summed E-state index contributed by atoms with van der Waals surface area (Å²) < 4.78 is 0. The molecule has 4 fully saturated rings. The first kappa shape index (κ1) is 45.8. The summed E-state index contributed by atoms with van der Waals surface area (Å²) in [6.07, 6.45) is 9.54. The van der Waals surface area contributed by atoms with Gasteiger partial charge in [0.05, 0.1) is 0 Å². The first-order chi connectivity index (χ1) is 22.1. The SMILES string of the molecule is C.CC(C)C(=O)N1CCCCC1.CC(C)C(=O)N1CCCCC1.CC(C)C(=O)N1CCN(C)CC1.CC(C)C(=O)NC1CCN(C)CC1. The van der Waals surface area contributed by atoms with E-state index in [9.17, 15) is 19.2 Å². The number of carbonyl (C=O) groups is 4. The highest BCUT2D eigenvalue weighted by atomic mass is 16.2. The minimum absolute atomic E-state index is 0. The number of piperidine rings is 3. The Bertz CT molecular complexity index is 863. The highest BCUT2D eigenvalue weighted by Crippen LogP contribution is 2.13. The van der Waals surface area contributed by atoms with E-state index in [0.29, 0.717) is 23.8 Å². The van der Waals surface area contributed by atoms with Crippen LogP contribution in [0, 0.1) is 23.7 Å². The number of hydrogen-bond acceptors (Lipinski definition) is 6. The van der Waals surface area contributed by atoms with Gasteiger partial charge in [-0.2, -0.15) is 0 Å². The van der Waals surface area contributed by atoms with Crippen LogP contribution in [-0.2, 0) is 19.2 Å². The second kappa shape index (κ2) is 24.9. The molecule has 0 aromatic heterocycles. The van der Waals surface area contributed by atoms with Gasteiger partial charge in [0, 0.05) is 82.1 Å². The second-order valence-corrected chi connectivity index (χ2v) is 15.1. The van der Waals surface area contributed by atoms with E-state index in [0.717, 1.165) is 78.3 Å². The third-order valence-electron chi connectivity index (χ3n) is 9.22. The van der Waals surface area contributed by atoms with Crippen LogP contribution in [-0.4, -0.2) is 134 Å². The van der Waals surface area contributed by atoms with Crippen LogP contribution in [0.3, 0.4) is 0 Å². The van der Waals surface area contributed by atoms with Gasteiger partial charge in [-0.15, -0.1) is 0 Å². The predicted octanol–water partition coefficient (Wildman–Crippen LogP) is 5.22. The molecule has 0 bridgehead atoms. The first-order valence-electron chi connectivity index (χ1n) is 18.7. The Labute approximate surface area is 295 Å². The molecule has 4 aliphatic rings. The van der Waals surface area contributed by atoms with Crippen LogP contribution in [0.2, 0.25) is 0 Å². The number of amides is 4. The molecule has 0 aromatic carbocycles. The van der Waals surface area contributed by atoms with Crippen molar-refractivity contribution in [1.29, 1.82) is 0 Å². The average Bonchev–Trinajstić information content (AvgIpc) is 3.06. The van der Waals surface area contributed by atoms with Crippen molar-refractivity contribution in [2.24, 2.45) is 23.7 Å². The van der Waals surface area contributed by atoms with Crippen LogP contribution >= 0.6 is 0 Å². The van der Waals surface area contributed by atoms with Gasteiger partial charge in [-0.1, -0.05) is 62.8 Å². The van der Waals surface area contributed by atoms with Crippen molar-refractivity contribution in [2.75, 3.05) is 79.5 Å². The zero-order valence-electron chi connectivity index (χ0n) is 32.0. The largest absolute Gasteiger partial charge is 0.353 e. The van der Waals surface area contributed by atoms with E-state index >= 15 is 0 Å². The number of likely N-dealkylation sites (tertiary alicyclic amines) is 3. The molecule has 4 saturated heterocycles. The lowest BCUT2D eigenvalue weighted by atomic mass is 10.0. The standard InChI is InChI=1S/C10H20N2O.C9H18N2O.2C9H17NO.CH4/c1-8(2)10(13)11-9-4-6-12(3)7-5-9;1-8(2)9(12)11-6-4-10(3)5-7-11;2*1-8(2)9(11)10-6-4-3-5-7-10;/h8-9H,4-7H2,1-3H3,(H,11,13);8H,4-7H2,1-3H3;2*8H,3-7H2,1-2H3;1H4. The van der Waals surface area contributed by atoms with Crippen molar-refractivity contribution in [1.82, 2.24) is 29.8 Å². The quantitative estimate of drug-likeness (QED) is 0.428. The fraction of sp³-hybridized carbons (Fsp3) is 0.895. The summed E-state index contributed by atoms with van der Waals surface area (Å²) in [5, 5.41) is 3.07. The molecule has 0 atom stereocenters. The second-order valence-electron chi connectivity index (χ2n) is 15.1. The molecule has 4 heterocycles. The topological polar surface area (TPSA) is 96.5 Å². The summed E-state index contributed by atoms with van der Waals surface area (Å²) in [7, 11) is 4.22. The molecule has 1 N–H and O–H groups in total. The lowest BCUT2D eigenvalue weighted by Crippen LogP contribution is -2.48.